The summed E-state index contributed by atoms with van der Waals surface area (Å²) >= 11 is 8.47. The van der Waals surface area contributed by atoms with Crippen molar-refractivity contribution in [2.75, 3.05) is 11.1 Å². The van der Waals surface area contributed by atoms with Crippen LogP contribution in [0.3, 0.4) is 0 Å². The van der Waals surface area contributed by atoms with E-state index in [1.165, 1.54) is 5.56 Å². The second-order valence-corrected chi connectivity index (χ2v) is 6.89. The number of carbonyl (C=O) groups is 1. The Morgan fingerprint density at radius 2 is 1.75 bits per heavy atom. The maximum absolute atomic E-state index is 11.8. The highest BCUT2D eigenvalue weighted by atomic mass is 79.9. The van der Waals surface area contributed by atoms with Crippen molar-refractivity contribution in [2.45, 2.75) is 5.75 Å². The molecular weight excluding hydrogens is 402 g/mol. The van der Waals surface area contributed by atoms with Gasteiger partial charge in [-0.15, -0.1) is 11.8 Å². The second kappa shape index (κ2) is 7.86. The first kappa shape index (κ1) is 15.6. The standard InChI is InChI=1S/C15H13Br2NOS/c16-12-5-7-13(8-6-12)18-15(19)10-20-9-11-3-1-2-4-14(11)17/h1-8H,9-10H2,(H,18,19). The van der Waals surface area contributed by atoms with Gasteiger partial charge in [-0.25, -0.2) is 0 Å². The number of thioether (sulfide) groups is 1. The third-order valence-corrected chi connectivity index (χ3v) is 4.86. The molecule has 0 aliphatic carbocycles. The SMILES string of the molecule is O=C(CSCc1ccccc1Br)Nc1ccc(Br)cc1. The molecule has 1 amide bonds. The predicted molar refractivity (Wildman–Crippen MR) is 93.1 cm³/mol. The molecule has 0 unspecified atom stereocenters. The molecule has 5 heteroatoms. The summed E-state index contributed by atoms with van der Waals surface area (Å²) in [4.78, 5) is 11.8. The van der Waals surface area contributed by atoms with Crippen LogP contribution in [0.25, 0.3) is 0 Å². The summed E-state index contributed by atoms with van der Waals surface area (Å²) in [6.07, 6.45) is 0. The van der Waals surface area contributed by atoms with Crippen LogP contribution in [0.15, 0.2) is 57.5 Å². The molecular formula is C15H13Br2NOS. The smallest absolute Gasteiger partial charge is 0.234 e. The van der Waals surface area contributed by atoms with E-state index in [0.29, 0.717) is 5.75 Å². The highest BCUT2D eigenvalue weighted by Gasteiger charge is 2.04. The van der Waals surface area contributed by atoms with Gasteiger partial charge in [-0.1, -0.05) is 50.1 Å². The Bertz CT molecular complexity index is 587. The van der Waals surface area contributed by atoms with Crippen LogP contribution in [-0.2, 0) is 10.5 Å². The average molecular weight is 415 g/mol. The molecule has 0 aromatic heterocycles. The molecule has 0 aliphatic heterocycles. The Morgan fingerprint density at radius 3 is 2.45 bits per heavy atom. The van der Waals surface area contributed by atoms with Crippen LogP contribution in [0, 0.1) is 0 Å². The van der Waals surface area contributed by atoms with E-state index in [1.54, 1.807) is 11.8 Å². The van der Waals surface area contributed by atoms with Gasteiger partial charge in [0.15, 0.2) is 0 Å². The molecule has 0 fully saturated rings. The summed E-state index contributed by atoms with van der Waals surface area (Å²) < 4.78 is 2.08. The van der Waals surface area contributed by atoms with Gasteiger partial charge < -0.3 is 5.32 Å². The highest BCUT2D eigenvalue weighted by molar-refractivity contribution is 9.10. The number of nitrogens with one attached hydrogen (secondary N) is 1. The van der Waals surface area contributed by atoms with Crippen molar-refractivity contribution >= 4 is 55.2 Å². The van der Waals surface area contributed by atoms with Gasteiger partial charge in [0.05, 0.1) is 5.75 Å². The highest BCUT2D eigenvalue weighted by Crippen LogP contribution is 2.21. The zero-order chi connectivity index (χ0) is 14.4. The summed E-state index contributed by atoms with van der Waals surface area (Å²) in [6, 6.07) is 15.6. The lowest BCUT2D eigenvalue weighted by Gasteiger charge is -2.06. The lowest BCUT2D eigenvalue weighted by molar-refractivity contribution is -0.113. The number of hydrogen-bond donors (Lipinski definition) is 1. The van der Waals surface area contributed by atoms with E-state index in [0.717, 1.165) is 20.4 Å². The minimum atomic E-state index is 0.0179. The van der Waals surface area contributed by atoms with Crippen LogP contribution in [0.1, 0.15) is 5.56 Å². The van der Waals surface area contributed by atoms with E-state index in [9.17, 15) is 4.79 Å². The van der Waals surface area contributed by atoms with Gasteiger partial charge in [-0.2, -0.15) is 0 Å². The molecule has 0 atom stereocenters. The Balaban J connectivity index is 1.78. The van der Waals surface area contributed by atoms with Crippen molar-refractivity contribution in [3.8, 4) is 0 Å². The van der Waals surface area contributed by atoms with E-state index >= 15 is 0 Å². The van der Waals surface area contributed by atoms with Crippen LogP contribution in [-0.4, -0.2) is 11.7 Å². The predicted octanol–water partition coefficient (Wildman–Crippen LogP) is 5.08. The fourth-order valence-electron chi connectivity index (χ4n) is 1.60. The zero-order valence-electron chi connectivity index (χ0n) is 10.6. The van der Waals surface area contributed by atoms with Gasteiger partial charge in [0.1, 0.15) is 0 Å². The number of hydrogen-bond acceptors (Lipinski definition) is 2. The Hall–Kier alpha value is -0.780. The molecule has 0 aliphatic rings. The normalized spacial score (nSPS) is 10.3. The van der Waals surface area contributed by atoms with Crippen molar-refractivity contribution in [3.63, 3.8) is 0 Å². The maximum Gasteiger partial charge on any atom is 0.234 e. The van der Waals surface area contributed by atoms with Gasteiger partial charge >= 0.3 is 0 Å². The zero-order valence-corrected chi connectivity index (χ0v) is 14.6. The first-order chi connectivity index (χ1) is 9.65. The fourth-order valence-corrected chi connectivity index (χ4v) is 3.31. The van der Waals surface area contributed by atoms with Crippen molar-refractivity contribution in [1.82, 2.24) is 0 Å². The van der Waals surface area contributed by atoms with Gasteiger partial charge in [0.25, 0.3) is 0 Å². The summed E-state index contributed by atoms with van der Waals surface area (Å²) in [6.45, 7) is 0. The molecule has 20 heavy (non-hydrogen) atoms. The maximum atomic E-state index is 11.8. The van der Waals surface area contributed by atoms with E-state index in [4.69, 9.17) is 0 Å². The van der Waals surface area contributed by atoms with Crippen molar-refractivity contribution < 1.29 is 4.79 Å². The van der Waals surface area contributed by atoms with E-state index in [2.05, 4.69) is 43.2 Å². The van der Waals surface area contributed by atoms with Gasteiger partial charge in [-0.05, 0) is 35.9 Å². The first-order valence-electron chi connectivity index (χ1n) is 6.02. The fraction of sp³-hybridized carbons (Fsp3) is 0.133. The quantitative estimate of drug-likeness (QED) is 0.738. The van der Waals surface area contributed by atoms with E-state index in [-0.39, 0.29) is 5.91 Å². The number of rotatable bonds is 5. The summed E-state index contributed by atoms with van der Waals surface area (Å²) in [5.74, 6) is 1.27. The van der Waals surface area contributed by atoms with E-state index < -0.39 is 0 Å². The number of halogens is 2. The number of carbonyl (C=O) groups excluding carboxylic acids is 1. The molecule has 2 nitrogen and oxygen atoms in total. The molecule has 0 heterocycles. The third kappa shape index (κ3) is 4.96. The first-order valence-corrected chi connectivity index (χ1v) is 8.76. The van der Waals surface area contributed by atoms with Crippen molar-refractivity contribution in [1.29, 1.82) is 0 Å². The largest absolute Gasteiger partial charge is 0.325 e. The topological polar surface area (TPSA) is 29.1 Å². The molecule has 1 N–H and O–H groups in total. The summed E-state index contributed by atoms with van der Waals surface area (Å²) in [7, 11) is 0. The van der Waals surface area contributed by atoms with Crippen LogP contribution >= 0.6 is 43.6 Å². The second-order valence-electron chi connectivity index (χ2n) is 4.14. The van der Waals surface area contributed by atoms with Crippen LogP contribution < -0.4 is 5.32 Å². The third-order valence-electron chi connectivity index (χ3n) is 2.58. The lowest BCUT2D eigenvalue weighted by Crippen LogP contribution is -2.14. The van der Waals surface area contributed by atoms with Gasteiger partial charge in [-0.3, -0.25) is 4.79 Å². The number of benzene rings is 2. The van der Waals surface area contributed by atoms with Gasteiger partial charge in [0.2, 0.25) is 5.91 Å². The minimum Gasteiger partial charge on any atom is -0.325 e. The minimum absolute atomic E-state index is 0.0179. The number of amides is 1. The van der Waals surface area contributed by atoms with Gasteiger partial charge in [0, 0.05) is 20.4 Å². The Morgan fingerprint density at radius 1 is 1.05 bits per heavy atom. The van der Waals surface area contributed by atoms with Crippen LogP contribution in [0.5, 0.6) is 0 Å². The molecule has 2 aromatic rings. The Labute approximate surface area is 139 Å². The summed E-state index contributed by atoms with van der Waals surface area (Å²) in [5, 5.41) is 2.88. The molecule has 0 spiro atoms. The number of anilines is 1. The Kier molecular flexibility index (Phi) is 6.13. The molecule has 0 saturated heterocycles. The van der Waals surface area contributed by atoms with E-state index in [1.807, 2.05) is 42.5 Å². The molecule has 104 valence electrons. The monoisotopic (exact) mass is 413 g/mol. The molecule has 0 radical (unpaired) electrons. The van der Waals surface area contributed by atoms with Crippen LogP contribution in [0.4, 0.5) is 5.69 Å². The van der Waals surface area contributed by atoms with Crippen LogP contribution in [0.2, 0.25) is 0 Å². The molecule has 2 rings (SSSR count). The van der Waals surface area contributed by atoms with Crippen molar-refractivity contribution in [3.05, 3.63) is 63.0 Å². The molecule has 0 bridgehead atoms. The molecule has 2 aromatic carbocycles. The molecule has 0 saturated carbocycles. The van der Waals surface area contributed by atoms with Crippen molar-refractivity contribution in [2.24, 2.45) is 0 Å². The lowest BCUT2D eigenvalue weighted by atomic mass is 10.2. The summed E-state index contributed by atoms with van der Waals surface area (Å²) in [5.41, 5.74) is 2.02. The average Bonchev–Trinajstić information content (AvgIpc) is 2.43.